The molecule has 0 saturated carbocycles. The molecule has 8 heteroatoms. The van der Waals surface area contributed by atoms with Crippen LogP contribution in [-0.4, -0.2) is 51.0 Å². The van der Waals surface area contributed by atoms with Crippen molar-refractivity contribution in [2.45, 2.75) is 18.9 Å². The number of amides is 2. The topological polar surface area (TPSA) is 98.2 Å². The average Bonchev–Trinajstić information content (AvgIpc) is 3.18. The first-order chi connectivity index (χ1) is 12.6. The van der Waals surface area contributed by atoms with Gasteiger partial charge in [0.15, 0.2) is 11.5 Å². The third-order valence-electron chi connectivity index (χ3n) is 3.64. The number of methoxy groups -OCH3 is 1. The summed E-state index contributed by atoms with van der Waals surface area (Å²) >= 11 is 0. The average molecular weight is 361 g/mol. The van der Waals surface area contributed by atoms with Crippen LogP contribution in [0, 0.1) is 0 Å². The first-order valence-corrected chi connectivity index (χ1v) is 8.28. The summed E-state index contributed by atoms with van der Waals surface area (Å²) in [5.41, 5.74) is 2.86. The van der Waals surface area contributed by atoms with Gasteiger partial charge in [0.05, 0.1) is 19.4 Å². The summed E-state index contributed by atoms with van der Waals surface area (Å²) in [5, 5.41) is 6.30. The lowest BCUT2D eigenvalue weighted by molar-refractivity contribution is -0.139. The van der Waals surface area contributed by atoms with Crippen LogP contribution in [0.5, 0.6) is 11.5 Å². The number of benzene rings is 1. The zero-order chi connectivity index (χ0) is 18.8. The van der Waals surface area contributed by atoms with Gasteiger partial charge in [0.1, 0.15) is 6.61 Å². The van der Waals surface area contributed by atoms with Crippen molar-refractivity contribution in [3.05, 3.63) is 36.4 Å². The van der Waals surface area contributed by atoms with Crippen LogP contribution in [-0.2, 0) is 14.3 Å². The van der Waals surface area contributed by atoms with Crippen molar-refractivity contribution in [1.29, 1.82) is 0 Å². The van der Waals surface area contributed by atoms with E-state index in [1.165, 1.54) is 13.3 Å². The molecule has 0 aromatic heterocycles. The lowest BCUT2D eigenvalue weighted by Gasteiger charge is -2.10. The molecule has 8 nitrogen and oxygen atoms in total. The van der Waals surface area contributed by atoms with E-state index in [9.17, 15) is 9.59 Å². The summed E-state index contributed by atoms with van der Waals surface area (Å²) in [6, 6.07) is 5.17. The highest BCUT2D eigenvalue weighted by molar-refractivity contribution is 6.35. The molecule has 1 aromatic rings. The fourth-order valence-corrected chi connectivity index (χ4v) is 2.34. The summed E-state index contributed by atoms with van der Waals surface area (Å²) in [4.78, 5) is 23.4. The van der Waals surface area contributed by atoms with E-state index in [2.05, 4.69) is 22.4 Å². The molecule has 1 aliphatic heterocycles. The Morgan fingerprint density at radius 2 is 2.23 bits per heavy atom. The van der Waals surface area contributed by atoms with E-state index in [0.717, 1.165) is 12.8 Å². The van der Waals surface area contributed by atoms with Crippen LogP contribution in [0.15, 0.2) is 36.0 Å². The third kappa shape index (κ3) is 5.89. The van der Waals surface area contributed by atoms with Crippen LogP contribution >= 0.6 is 0 Å². The van der Waals surface area contributed by atoms with E-state index in [1.54, 1.807) is 24.3 Å². The molecule has 1 saturated heterocycles. The number of hydrogen-bond acceptors (Lipinski definition) is 6. The maximum Gasteiger partial charge on any atom is 0.329 e. The van der Waals surface area contributed by atoms with Crippen LogP contribution in [0.1, 0.15) is 18.4 Å². The Bertz CT molecular complexity index is 669. The van der Waals surface area contributed by atoms with Crippen molar-refractivity contribution in [3.63, 3.8) is 0 Å². The van der Waals surface area contributed by atoms with Crippen molar-refractivity contribution in [2.75, 3.05) is 26.9 Å². The Kier molecular flexibility index (Phi) is 7.63. The maximum atomic E-state index is 11.7. The molecule has 0 aliphatic carbocycles. The Balaban J connectivity index is 1.83. The van der Waals surface area contributed by atoms with Crippen LogP contribution in [0.4, 0.5) is 0 Å². The number of carbonyl (C=O) groups is 2. The number of nitrogens with one attached hydrogen (secondary N) is 2. The van der Waals surface area contributed by atoms with Gasteiger partial charge in [-0.3, -0.25) is 9.59 Å². The van der Waals surface area contributed by atoms with Crippen LogP contribution < -0.4 is 20.2 Å². The van der Waals surface area contributed by atoms with Gasteiger partial charge in [-0.05, 0) is 36.6 Å². The first-order valence-electron chi connectivity index (χ1n) is 8.28. The lowest BCUT2D eigenvalue weighted by atomic mass is 10.2. The Hall–Kier alpha value is -2.87. The van der Waals surface area contributed by atoms with Crippen molar-refractivity contribution < 1.29 is 23.8 Å². The van der Waals surface area contributed by atoms with E-state index in [4.69, 9.17) is 14.2 Å². The molecule has 0 unspecified atom stereocenters. The molecule has 26 heavy (non-hydrogen) atoms. The fourth-order valence-electron chi connectivity index (χ4n) is 2.34. The van der Waals surface area contributed by atoms with Gasteiger partial charge in [-0.1, -0.05) is 12.7 Å². The Morgan fingerprint density at radius 1 is 1.38 bits per heavy atom. The lowest BCUT2D eigenvalue weighted by Crippen LogP contribution is -2.41. The predicted octanol–water partition coefficient (Wildman–Crippen LogP) is 1.01. The number of hydrazone groups is 1. The first kappa shape index (κ1) is 19.5. The standard InChI is InChI=1S/C18H23N3O5/c1-3-8-26-15-7-6-13(10-16(15)24-2)11-20-21-18(23)17(22)19-12-14-5-4-9-25-14/h3,6-7,10-11,14H,1,4-5,8-9,12H2,2H3,(H,19,22)(H,21,23)/b20-11-/t14-/m0/s1. The minimum atomic E-state index is -0.836. The van der Waals surface area contributed by atoms with Gasteiger partial charge in [0.2, 0.25) is 0 Å². The predicted molar refractivity (Wildman–Crippen MR) is 96.4 cm³/mol. The molecule has 1 atom stereocenters. The van der Waals surface area contributed by atoms with Crippen LogP contribution in [0.25, 0.3) is 0 Å². The van der Waals surface area contributed by atoms with Gasteiger partial charge in [-0.15, -0.1) is 0 Å². The van der Waals surface area contributed by atoms with Gasteiger partial charge in [-0.2, -0.15) is 5.10 Å². The summed E-state index contributed by atoms with van der Waals surface area (Å²) in [7, 11) is 1.53. The SMILES string of the molecule is C=CCOc1ccc(/C=N\NC(=O)C(=O)NC[C@@H]2CCCO2)cc1OC. The molecular formula is C18H23N3O5. The molecule has 1 heterocycles. The fraction of sp³-hybridized carbons (Fsp3) is 0.389. The normalized spacial score (nSPS) is 16.3. The number of nitrogens with zero attached hydrogens (tertiary/aromatic N) is 1. The molecule has 2 amide bonds. The third-order valence-corrected chi connectivity index (χ3v) is 3.64. The molecule has 140 valence electrons. The van der Waals surface area contributed by atoms with Gasteiger partial charge >= 0.3 is 11.8 Å². The zero-order valence-corrected chi connectivity index (χ0v) is 14.7. The minimum absolute atomic E-state index is 0.0236. The van der Waals surface area contributed by atoms with Gasteiger partial charge < -0.3 is 19.5 Å². The van der Waals surface area contributed by atoms with E-state index < -0.39 is 11.8 Å². The van der Waals surface area contributed by atoms with Crippen molar-refractivity contribution >= 4 is 18.0 Å². The molecule has 2 rings (SSSR count). The number of rotatable bonds is 8. The van der Waals surface area contributed by atoms with E-state index >= 15 is 0 Å². The second-order valence-electron chi connectivity index (χ2n) is 5.55. The largest absolute Gasteiger partial charge is 0.493 e. The van der Waals surface area contributed by atoms with Crippen LogP contribution in [0.2, 0.25) is 0 Å². The molecule has 1 aromatic carbocycles. The second kappa shape index (κ2) is 10.2. The molecule has 0 radical (unpaired) electrons. The summed E-state index contributed by atoms with van der Waals surface area (Å²) < 4.78 is 16.1. The quantitative estimate of drug-likeness (QED) is 0.312. The molecule has 1 fully saturated rings. The highest BCUT2D eigenvalue weighted by Gasteiger charge is 2.18. The highest BCUT2D eigenvalue weighted by Crippen LogP contribution is 2.27. The summed E-state index contributed by atoms with van der Waals surface area (Å²) in [6.07, 6.45) is 4.87. The van der Waals surface area contributed by atoms with E-state index in [0.29, 0.717) is 36.8 Å². The van der Waals surface area contributed by atoms with Crippen molar-refractivity contribution in [1.82, 2.24) is 10.7 Å². The van der Waals surface area contributed by atoms with E-state index in [1.807, 2.05) is 0 Å². The van der Waals surface area contributed by atoms with Crippen molar-refractivity contribution in [2.24, 2.45) is 5.10 Å². The molecule has 2 N–H and O–H groups in total. The molecule has 1 aliphatic rings. The molecular weight excluding hydrogens is 338 g/mol. The second-order valence-corrected chi connectivity index (χ2v) is 5.55. The zero-order valence-electron chi connectivity index (χ0n) is 14.7. The summed E-state index contributed by atoms with van der Waals surface area (Å²) in [5.74, 6) is -0.487. The van der Waals surface area contributed by atoms with E-state index in [-0.39, 0.29) is 6.10 Å². The number of carbonyl (C=O) groups excluding carboxylic acids is 2. The van der Waals surface area contributed by atoms with Crippen molar-refractivity contribution in [3.8, 4) is 11.5 Å². The van der Waals surface area contributed by atoms with Gasteiger partial charge in [-0.25, -0.2) is 5.43 Å². The smallest absolute Gasteiger partial charge is 0.329 e. The maximum absolute atomic E-state index is 11.7. The number of hydrogen-bond donors (Lipinski definition) is 2. The molecule has 0 bridgehead atoms. The Morgan fingerprint density at radius 3 is 2.92 bits per heavy atom. The highest BCUT2D eigenvalue weighted by atomic mass is 16.5. The summed E-state index contributed by atoms with van der Waals surface area (Å²) in [6.45, 7) is 4.96. The molecule has 0 spiro atoms. The Labute approximate surface area is 152 Å². The van der Waals surface area contributed by atoms with Crippen LogP contribution in [0.3, 0.4) is 0 Å². The van der Waals surface area contributed by atoms with Gasteiger partial charge in [0, 0.05) is 13.2 Å². The monoisotopic (exact) mass is 361 g/mol. The van der Waals surface area contributed by atoms with Gasteiger partial charge in [0.25, 0.3) is 0 Å². The number of ether oxygens (including phenoxy) is 3. The minimum Gasteiger partial charge on any atom is -0.493 e.